The average Bonchev–Trinajstić information content (AvgIpc) is 2.84. The van der Waals surface area contributed by atoms with Crippen molar-refractivity contribution < 1.29 is 14.4 Å². The van der Waals surface area contributed by atoms with Crippen LogP contribution in [0.2, 0.25) is 5.02 Å². The fourth-order valence-corrected chi connectivity index (χ4v) is 4.38. The number of likely N-dealkylation sites (tertiary alicyclic amines) is 1. The number of nitrogens with one attached hydrogen (secondary N) is 1. The van der Waals surface area contributed by atoms with Crippen LogP contribution in [0, 0.1) is 5.92 Å². The molecule has 0 saturated carbocycles. The van der Waals surface area contributed by atoms with E-state index < -0.39 is 0 Å². The van der Waals surface area contributed by atoms with Crippen molar-refractivity contribution in [2.75, 3.05) is 44.6 Å². The monoisotopic (exact) mass is 454 g/mol. The maximum Gasteiger partial charge on any atom is 0.321 e. The minimum atomic E-state index is -0.204. The Balaban J connectivity index is 1.29. The van der Waals surface area contributed by atoms with Crippen LogP contribution in [0.3, 0.4) is 0 Å². The summed E-state index contributed by atoms with van der Waals surface area (Å²) >= 11 is 5.92. The van der Waals surface area contributed by atoms with Gasteiger partial charge < -0.3 is 20.0 Å². The molecule has 0 bridgehead atoms. The van der Waals surface area contributed by atoms with Crippen LogP contribution in [0.1, 0.15) is 23.2 Å². The summed E-state index contributed by atoms with van der Waals surface area (Å²) in [5.74, 6) is -0.201. The Kier molecular flexibility index (Phi) is 6.95. The molecule has 2 aliphatic heterocycles. The summed E-state index contributed by atoms with van der Waals surface area (Å²) in [4.78, 5) is 43.7. The SMILES string of the molecule is O=C(Nc1ccccc1)N1CCN(C(=O)C2CCCN(C(=O)c3ccc(Cl)cc3)C2)CC1. The van der Waals surface area contributed by atoms with Crippen LogP contribution in [0.4, 0.5) is 10.5 Å². The quantitative estimate of drug-likeness (QED) is 0.770. The van der Waals surface area contributed by atoms with Gasteiger partial charge in [0.2, 0.25) is 5.91 Å². The van der Waals surface area contributed by atoms with Crippen LogP contribution in [0.25, 0.3) is 0 Å². The third-order valence-electron chi connectivity index (χ3n) is 6.05. The van der Waals surface area contributed by atoms with Crippen molar-refractivity contribution >= 4 is 35.1 Å². The number of hydrogen-bond acceptors (Lipinski definition) is 3. The summed E-state index contributed by atoms with van der Waals surface area (Å²) in [7, 11) is 0. The Morgan fingerprint density at radius 2 is 1.47 bits per heavy atom. The lowest BCUT2D eigenvalue weighted by Crippen LogP contribution is -2.54. The van der Waals surface area contributed by atoms with Gasteiger partial charge in [0.15, 0.2) is 0 Å². The van der Waals surface area contributed by atoms with Gasteiger partial charge in [-0.25, -0.2) is 4.79 Å². The Morgan fingerprint density at radius 3 is 2.16 bits per heavy atom. The molecule has 0 spiro atoms. The molecule has 1 unspecified atom stereocenters. The Labute approximate surface area is 192 Å². The Hall–Kier alpha value is -3.06. The summed E-state index contributed by atoms with van der Waals surface area (Å²) in [6.07, 6.45) is 1.58. The topological polar surface area (TPSA) is 73.0 Å². The first-order valence-electron chi connectivity index (χ1n) is 11.0. The van der Waals surface area contributed by atoms with E-state index in [0.717, 1.165) is 18.5 Å². The lowest BCUT2D eigenvalue weighted by molar-refractivity contribution is -0.138. The summed E-state index contributed by atoms with van der Waals surface area (Å²) in [5, 5.41) is 3.48. The van der Waals surface area contributed by atoms with Crippen molar-refractivity contribution in [1.82, 2.24) is 14.7 Å². The second-order valence-corrected chi connectivity index (χ2v) is 8.64. The molecule has 2 aromatic rings. The fraction of sp³-hybridized carbons (Fsp3) is 0.375. The van der Waals surface area contributed by atoms with Gasteiger partial charge in [0, 0.05) is 55.5 Å². The van der Waals surface area contributed by atoms with E-state index in [2.05, 4.69) is 5.32 Å². The summed E-state index contributed by atoms with van der Waals surface area (Å²) in [6.45, 7) is 3.06. The van der Waals surface area contributed by atoms with Crippen molar-refractivity contribution in [3.05, 3.63) is 65.2 Å². The van der Waals surface area contributed by atoms with Gasteiger partial charge in [-0.3, -0.25) is 9.59 Å². The molecule has 2 aliphatic rings. The van der Waals surface area contributed by atoms with E-state index in [4.69, 9.17) is 11.6 Å². The molecule has 7 nitrogen and oxygen atoms in total. The number of piperidine rings is 1. The van der Waals surface area contributed by atoms with E-state index in [1.165, 1.54) is 0 Å². The highest BCUT2D eigenvalue weighted by Crippen LogP contribution is 2.22. The van der Waals surface area contributed by atoms with Crippen molar-refractivity contribution in [3.8, 4) is 0 Å². The number of amides is 4. The molecule has 0 aromatic heterocycles. The van der Waals surface area contributed by atoms with Crippen LogP contribution in [-0.4, -0.2) is 71.8 Å². The average molecular weight is 455 g/mol. The molecule has 2 saturated heterocycles. The van der Waals surface area contributed by atoms with E-state index in [9.17, 15) is 14.4 Å². The molecule has 32 heavy (non-hydrogen) atoms. The normalized spacial score (nSPS) is 18.9. The zero-order chi connectivity index (χ0) is 22.5. The van der Waals surface area contributed by atoms with Crippen LogP contribution in [0.15, 0.2) is 54.6 Å². The van der Waals surface area contributed by atoms with Crippen LogP contribution in [0.5, 0.6) is 0 Å². The molecule has 2 aromatic carbocycles. The Morgan fingerprint density at radius 1 is 0.812 bits per heavy atom. The number of rotatable bonds is 3. The van der Waals surface area contributed by atoms with Gasteiger partial charge in [-0.15, -0.1) is 0 Å². The van der Waals surface area contributed by atoms with Crippen molar-refractivity contribution in [2.45, 2.75) is 12.8 Å². The van der Waals surface area contributed by atoms with Gasteiger partial charge in [0.1, 0.15) is 0 Å². The van der Waals surface area contributed by atoms with E-state index in [1.54, 1.807) is 34.1 Å². The lowest BCUT2D eigenvalue weighted by atomic mass is 9.95. The molecule has 0 radical (unpaired) electrons. The highest BCUT2D eigenvalue weighted by molar-refractivity contribution is 6.30. The number of carbonyl (C=O) groups excluding carboxylic acids is 3. The lowest BCUT2D eigenvalue weighted by Gasteiger charge is -2.39. The maximum absolute atomic E-state index is 13.1. The largest absolute Gasteiger partial charge is 0.339 e. The van der Waals surface area contributed by atoms with E-state index >= 15 is 0 Å². The maximum atomic E-state index is 13.1. The predicted octanol–water partition coefficient (Wildman–Crippen LogP) is 3.57. The molecule has 4 rings (SSSR count). The third kappa shape index (κ3) is 5.22. The van der Waals surface area contributed by atoms with E-state index in [-0.39, 0.29) is 23.8 Å². The van der Waals surface area contributed by atoms with Crippen LogP contribution >= 0.6 is 11.6 Å². The molecule has 168 valence electrons. The molecule has 4 amide bonds. The highest BCUT2D eigenvalue weighted by atomic mass is 35.5. The fourth-order valence-electron chi connectivity index (χ4n) is 4.25. The number of halogens is 1. The smallest absolute Gasteiger partial charge is 0.321 e. The van der Waals surface area contributed by atoms with Crippen molar-refractivity contribution in [3.63, 3.8) is 0 Å². The highest BCUT2D eigenvalue weighted by Gasteiger charge is 2.33. The number of para-hydroxylation sites is 1. The number of anilines is 1. The first kappa shape index (κ1) is 22.1. The zero-order valence-corrected chi connectivity index (χ0v) is 18.6. The van der Waals surface area contributed by atoms with E-state index in [0.29, 0.717) is 49.9 Å². The standard InChI is InChI=1S/C24H27ClN4O3/c25-20-10-8-18(9-11-20)22(30)29-12-4-5-19(17-29)23(31)27-13-15-28(16-14-27)24(32)26-21-6-2-1-3-7-21/h1-3,6-11,19H,4-5,12-17H2,(H,26,32). The number of piperazine rings is 1. The molecular weight excluding hydrogens is 428 g/mol. The molecule has 2 heterocycles. The van der Waals surface area contributed by atoms with Crippen LogP contribution < -0.4 is 5.32 Å². The first-order valence-corrected chi connectivity index (χ1v) is 11.3. The third-order valence-corrected chi connectivity index (χ3v) is 6.30. The van der Waals surface area contributed by atoms with Gasteiger partial charge in [-0.05, 0) is 49.2 Å². The van der Waals surface area contributed by atoms with Crippen molar-refractivity contribution in [2.24, 2.45) is 5.92 Å². The molecule has 2 fully saturated rings. The summed E-state index contributed by atoms with van der Waals surface area (Å²) in [6, 6.07) is 16.0. The van der Waals surface area contributed by atoms with E-state index in [1.807, 2.05) is 35.2 Å². The summed E-state index contributed by atoms with van der Waals surface area (Å²) < 4.78 is 0. The number of nitrogens with zero attached hydrogens (tertiary/aromatic N) is 3. The number of carbonyl (C=O) groups is 3. The van der Waals surface area contributed by atoms with Gasteiger partial charge in [0.05, 0.1) is 5.92 Å². The molecule has 1 N–H and O–H groups in total. The predicted molar refractivity (Wildman–Crippen MR) is 124 cm³/mol. The Bertz CT molecular complexity index is 959. The molecular formula is C24H27ClN4O3. The van der Waals surface area contributed by atoms with Gasteiger partial charge in [0.25, 0.3) is 5.91 Å². The number of hydrogen-bond donors (Lipinski definition) is 1. The zero-order valence-electron chi connectivity index (χ0n) is 17.9. The molecule has 1 atom stereocenters. The van der Waals surface area contributed by atoms with Crippen molar-refractivity contribution in [1.29, 1.82) is 0 Å². The minimum absolute atomic E-state index is 0.0680. The molecule has 8 heteroatoms. The van der Waals surface area contributed by atoms with Gasteiger partial charge in [-0.2, -0.15) is 0 Å². The number of urea groups is 1. The first-order chi connectivity index (χ1) is 15.5. The minimum Gasteiger partial charge on any atom is -0.339 e. The molecule has 0 aliphatic carbocycles. The van der Waals surface area contributed by atoms with Gasteiger partial charge >= 0.3 is 6.03 Å². The second-order valence-electron chi connectivity index (χ2n) is 8.21. The van der Waals surface area contributed by atoms with Gasteiger partial charge in [-0.1, -0.05) is 29.8 Å². The second kappa shape index (κ2) is 10.0. The summed E-state index contributed by atoms with van der Waals surface area (Å²) in [5.41, 5.74) is 1.34. The number of benzene rings is 2. The van der Waals surface area contributed by atoms with Crippen LogP contribution in [-0.2, 0) is 4.79 Å².